The fraction of sp³-hybridized carbons (Fsp3) is 0.308. The minimum atomic E-state index is -0.272. The van der Waals surface area contributed by atoms with Gasteiger partial charge in [0, 0.05) is 26.0 Å². The third-order valence-corrected chi connectivity index (χ3v) is 2.78. The number of hydrogen-bond donors (Lipinski definition) is 2. The molecule has 9 heteroatoms. The van der Waals surface area contributed by atoms with Crippen molar-refractivity contribution >= 4 is 36.4 Å². The number of carbonyl (C=O) groups is 1. The molecule has 3 N–H and O–H groups in total. The highest BCUT2D eigenvalue weighted by Gasteiger charge is 2.11. The minimum absolute atomic E-state index is 0. The van der Waals surface area contributed by atoms with E-state index >= 15 is 0 Å². The average molecular weight is 348 g/mol. The summed E-state index contributed by atoms with van der Waals surface area (Å²) in [5.74, 6) is 0.528. The number of rotatable bonds is 6. The number of carbonyl (C=O) groups excluding carboxylic acids is 1. The maximum atomic E-state index is 11.8. The number of hydrogen-bond acceptors (Lipinski definition) is 5. The van der Waals surface area contributed by atoms with Gasteiger partial charge in [-0.15, -0.1) is 24.8 Å². The van der Waals surface area contributed by atoms with Crippen LogP contribution in [0.25, 0.3) is 5.82 Å². The SMILES string of the molecule is COC(CN)CC(=O)Nc1ccc(-n2cccn2)nc1.Cl.Cl. The van der Waals surface area contributed by atoms with Gasteiger partial charge in [-0.05, 0) is 18.2 Å². The van der Waals surface area contributed by atoms with Crippen LogP contribution in [0.3, 0.4) is 0 Å². The summed E-state index contributed by atoms with van der Waals surface area (Å²) in [5, 5.41) is 6.82. The molecule has 122 valence electrons. The van der Waals surface area contributed by atoms with E-state index < -0.39 is 0 Å². The summed E-state index contributed by atoms with van der Waals surface area (Å²) in [6, 6.07) is 5.36. The Balaban J connectivity index is 0.00000220. The van der Waals surface area contributed by atoms with Gasteiger partial charge >= 0.3 is 0 Å². The fourth-order valence-electron chi connectivity index (χ4n) is 1.68. The fourth-order valence-corrected chi connectivity index (χ4v) is 1.68. The lowest BCUT2D eigenvalue weighted by atomic mass is 10.2. The first kappa shape index (κ1) is 20.3. The van der Waals surface area contributed by atoms with Crippen molar-refractivity contribution in [3.8, 4) is 5.82 Å². The normalized spacial score (nSPS) is 11.0. The second kappa shape index (κ2) is 10.1. The highest BCUT2D eigenvalue weighted by Crippen LogP contribution is 2.10. The van der Waals surface area contributed by atoms with E-state index in [1.807, 2.05) is 6.07 Å². The van der Waals surface area contributed by atoms with E-state index in [1.165, 1.54) is 7.11 Å². The number of ether oxygens (including phenoxy) is 1. The Bertz CT molecular complexity index is 544. The van der Waals surface area contributed by atoms with E-state index in [1.54, 1.807) is 35.4 Å². The lowest BCUT2D eigenvalue weighted by Crippen LogP contribution is -2.28. The molecule has 2 heterocycles. The first-order chi connectivity index (χ1) is 9.72. The van der Waals surface area contributed by atoms with Crippen LogP contribution in [0.4, 0.5) is 5.69 Å². The molecule has 2 aromatic rings. The molecular formula is C13H19Cl2N5O2. The van der Waals surface area contributed by atoms with E-state index in [4.69, 9.17) is 10.5 Å². The van der Waals surface area contributed by atoms with Gasteiger partial charge in [0.25, 0.3) is 0 Å². The molecule has 0 saturated carbocycles. The van der Waals surface area contributed by atoms with Gasteiger partial charge in [-0.25, -0.2) is 9.67 Å². The average Bonchev–Trinajstić information content (AvgIpc) is 2.99. The predicted molar refractivity (Wildman–Crippen MR) is 89.0 cm³/mol. The van der Waals surface area contributed by atoms with Gasteiger partial charge in [-0.3, -0.25) is 4.79 Å². The Morgan fingerprint density at radius 1 is 1.45 bits per heavy atom. The number of methoxy groups -OCH3 is 1. The van der Waals surface area contributed by atoms with Crippen LogP contribution in [0.5, 0.6) is 0 Å². The van der Waals surface area contributed by atoms with Gasteiger partial charge in [-0.1, -0.05) is 0 Å². The van der Waals surface area contributed by atoms with Crippen molar-refractivity contribution in [1.29, 1.82) is 0 Å². The van der Waals surface area contributed by atoms with Crippen LogP contribution in [0.15, 0.2) is 36.8 Å². The van der Waals surface area contributed by atoms with E-state index in [0.29, 0.717) is 18.1 Å². The molecule has 0 aliphatic rings. The number of amides is 1. The summed E-state index contributed by atoms with van der Waals surface area (Å²) in [5.41, 5.74) is 6.09. The van der Waals surface area contributed by atoms with Gasteiger partial charge in [0.15, 0.2) is 5.82 Å². The summed E-state index contributed by atoms with van der Waals surface area (Å²) in [4.78, 5) is 16.0. The maximum Gasteiger partial charge on any atom is 0.227 e. The Kier molecular flexibility index (Phi) is 9.35. The molecule has 7 nitrogen and oxygen atoms in total. The maximum absolute atomic E-state index is 11.8. The van der Waals surface area contributed by atoms with Crippen LogP contribution in [-0.4, -0.2) is 40.4 Å². The van der Waals surface area contributed by atoms with Crippen LogP contribution >= 0.6 is 24.8 Å². The van der Waals surface area contributed by atoms with Crippen molar-refractivity contribution in [3.05, 3.63) is 36.8 Å². The lowest BCUT2D eigenvalue weighted by Gasteiger charge is -2.12. The molecule has 0 bridgehead atoms. The van der Waals surface area contributed by atoms with Gasteiger partial charge < -0.3 is 15.8 Å². The van der Waals surface area contributed by atoms with Gasteiger partial charge in [0.05, 0.1) is 24.4 Å². The molecule has 22 heavy (non-hydrogen) atoms. The standard InChI is InChI=1S/C13H17N5O2.2ClH/c1-20-11(8-14)7-13(19)17-10-3-4-12(15-9-10)18-6-2-5-16-18;;/h2-6,9,11H,7-8,14H2,1H3,(H,17,19);2*1H. The molecule has 0 radical (unpaired) electrons. The van der Waals surface area contributed by atoms with E-state index in [-0.39, 0.29) is 43.2 Å². The molecule has 0 saturated heterocycles. The summed E-state index contributed by atoms with van der Waals surface area (Å²) < 4.78 is 6.70. The molecule has 1 atom stereocenters. The second-order valence-electron chi connectivity index (χ2n) is 4.20. The van der Waals surface area contributed by atoms with Crippen LogP contribution in [0.1, 0.15) is 6.42 Å². The van der Waals surface area contributed by atoms with Crippen LogP contribution in [0, 0.1) is 0 Å². The zero-order valence-electron chi connectivity index (χ0n) is 12.0. The summed E-state index contributed by atoms with van der Waals surface area (Å²) in [6.45, 7) is 0.306. The monoisotopic (exact) mass is 347 g/mol. The predicted octanol–water partition coefficient (Wildman–Crippen LogP) is 1.41. The number of nitrogens with two attached hydrogens (primary N) is 1. The quantitative estimate of drug-likeness (QED) is 0.823. The lowest BCUT2D eigenvalue weighted by molar-refractivity contribution is -0.118. The van der Waals surface area contributed by atoms with Crippen LogP contribution in [0.2, 0.25) is 0 Å². The van der Waals surface area contributed by atoms with Gasteiger partial charge in [-0.2, -0.15) is 5.10 Å². The van der Waals surface area contributed by atoms with Crippen LogP contribution < -0.4 is 11.1 Å². The topological polar surface area (TPSA) is 95.1 Å². The van der Waals surface area contributed by atoms with Gasteiger partial charge in [0.1, 0.15) is 0 Å². The molecule has 1 unspecified atom stereocenters. The number of pyridine rings is 1. The summed E-state index contributed by atoms with van der Waals surface area (Å²) in [6.07, 6.45) is 5.00. The number of nitrogens with zero attached hydrogens (tertiary/aromatic N) is 3. The molecule has 0 aliphatic carbocycles. The van der Waals surface area contributed by atoms with Gasteiger partial charge in [0.2, 0.25) is 5.91 Å². The Labute approximate surface area is 141 Å². The first-order valence-electron chi connectivity index (χ1n) is 6.21. The van der Waals surface area contributed by atoms with E-state index in [2.05, 4.69) is 15.4 Å². The molecule has 0 fully saturated rings. The van der Waals surface area contributed by atoms with E-state index in [9.17, 15) is 4.79 Å². The van der Waals surface area contributed by atoms with Crippen molar-refractivity contribution < 1.29 is 9.53 Å². The van der Waals surface area contributed by atoms with Crippen LogP contribution in [-0.2, 0) is 9.53 Å². The molecular weight excluding hydrogens is 329 g/mol. The number of halogens is 2. The third kappa shape index (κ3) is 5.61. The molecule has 0 aliphatic heterocycles. The van der Waals surface area contributed by atoms with E-state index in [0.717, 1.165) is 0 Å². The highest BCUT2D eigenvalue weighted by atomic mass is 35.5. The number of nitrogens with one attached hydrogen (secondary N) is 1. The molecule has 0 spiro atoms. The molecule has 2 rings (SSSR count). The zero-order chi connectivity index (χ0) is 14.4. The number of anilines is 1. The molecule has 1 amide bonds. The van der Waals surface area contributed by atoms with Crippen molar-refractivity contribution in [3.63, 3.8) is 0 Å². The first-order valence-corrected chi connectivity index (χ1v) is 6.21. The Morgan fingerprint density at radius 2 is 2.23 bits per heavy atom. The largest absolute Gasteiger partial charge is 0.380 e. The number of aromatic nitrogens is 3. The summed E-state index contributed by atoms with van der Waals surface area (Å²) >= 11 is 0. The summed E-state index contributed by atoms with van der Waals surface area (Å²) in [7, 11) is 1.53. The second-order valence-corrected chi connectivity index (χ2v) is 4.20. The highest BCUT2D eigenvalue weighted by molar-refractivity contribution is 5.90. The van der Waals surface area contributed by atoms with Crippen molar-refractivity contribution in [2.45, 2.75) is 12.5 Å². The molecule has 0 aromatic carbocycles. The smallest absolute Gasteiger partial charge is 0.227 e. The third-order valence-electron chi connectivity index (χ3n) is 2.78. The molecule has 2 aromatic heterocycles. The minimum Gasteiger partial charge on any atom is -0.380 e. The van der Waals surface area contributed by atoms with Crippen molar-refractivity contribution in [2.24, 2.45) is 5.73 Å². The van der Waals surface area contributed by atoms with Crippen molar-refractivity contribution in [2.75, 3.05) is 19.0 Å². The van der Waals surface area contributed by atoms with Crippen molar-refractivity contribution in [1.82, 2.24) is 14.8 Å². The Hall–Kier alpha value is -1.67. The Morgan fingerprint density at radius 3 is 2.73 bits per heavy atom. The zero-order valence-corrected chi connectivity index (χ0v) is 13.6.